The number of hydrogen-bond donors (Lipinski definition) is 0. The topological polar surface area (TPSA) is 79.3 Å². The number of para-hydroxylation sites is 1. The van der Waals surface area contributed by atoms with Crippen LogP contribution in [0.3, 0.4) is 0 Å². The molecule has 10 heteroatoms. The second-order valence-corrected chi connectivity index (χ2v) is 10.5. The van der Waals surface area contributed by atoms with E-state index < -0.39 is 0 Å². The largest absolute Gasteiger partial charge is 0.496 e. The van der Waals surface area contributed by atoms with E-state index in [-0.39, 0.29) is 17.9 Å². The first-order valence-corrected chi connectivity index (χ1v) is 13.2. The van der Waals surface area contributed by atoms with Gasteiger partial charge in [-0.3, -0.25) is 18.7 Å². The fraction of sp³-hybridized carbons (Fsp3) is 0.154. The highest BCUT2D eigenvalue weighted by atomic mass is 32.2. The van der Waals surface area contributed by atoms with Crippen LogP contribution in [0.2, 0.25) is 0 Å². The molecule has 0 aliphatic heterocycles. The van der Waals surface area contributed by atoms with E-state index in [1.54, 1.807) is 36.1 Å². The van der Waals surface area contributed by atoms with Crippen LogP contribution in [0.25, 0.3) is 16.0 Å². The number of hydrogen-bond acceptors (Lipinski definition) is 8. The lowest BCUT2D eigenvalue weighted by atomic mass is 10.1. The Morgan fingerprint density at radius 2 is 1.97 bits per heavy atom. The summed E-state index contributed by atoms with van der Waals surface area (Å²) in [5.74, 6) is 1.72. The molecule has 0 atom stereocenters. The highest BCUT2D eigenvalue weighted by molar-refractivity contribution is 7.98. The van der Waals surface area contributed by atoms with Crippen LogP contribution in [0, 0.1) is 3.95 Å². The van der Waals surface area contributed by atoms with Gasteiger partial charge in [0.25, 0.3) is 5.56 Å². The number of benzene rings is 2. The van der Waals surface area contributed by atoms with Crippen LogP contribution in [-0.2, 0) is 12.3 Å². The Balaban J connectivity index is 1.64. The highest BCUT2D eigenvalue weighted by Gasteiger charge is 2.19. The van der Waals surface area contributed by atoms with E-state index in [0.29, 0.717) is 42.3 Å². The van der Waals surface area contributed by atoms with Crippen LogP contribution in [0.5, 0.6) is 5.75 Å². The number of carbonyl (C=O) groups is 1. The quantitative estimate of drug-likeness (QED) is 0.102. The summed E-state index contributed by atoms with van der Waals surface area (Å²) in [4.78, 5) is 30.6. The number of furan rings is 1. The molecule has 5 rings (SSSR count). The van der Waals surface area contributed by atoms with Crippen LogP contribution in [-0.4, -0.2) is 27.0 Å². The van der Waals surface area contributed by atoms with Crippen LogP contribution < -0.4 is 10.3 Å². The summed E-state index contributed by atoms with van der Waals surface area (Å²) in [6.07, 6.45) is 1.58. The summed E-state index contributed by atoms with van der Waals surface area (Å²) in [5, 5.41) is 0.511. The molecule has 0 aliphatic rings. The van der Waals surface area contributed by atoms with Gasteiger partial charge >= 0.3 is 0 Å². The molecule has 0 fully saturated rings. The molecular formula is C26H21N3O4S3. The van der Waals surface area contributed by atoms with Crippen molar-refractivity contribution in [3.05, 3.63) is 98.1 Å². The predicted molar refractivity (Wildman–Crippen MR) is 144 cm³/mol. The highest BCUT2D eigenvalue weighted by Crippen LogP contribution is 2.31. The molecule has 3 aromatic heterocycles. The molecule has 0 N–H and O–H groups in total. The first kappa shape index (κ1) is 24.2. The Morgan fingerprint density at radius 1 is 1.17 bits per heavy atom. The van der Waals surface area contributed by atoms with Crippen molar-refractivity contribution in [2.24, 2.45) is 0 Å². The number of carbonyl (C=O) groups excluding carboxylic acids is 1. The lowest BCUT2D eigenvalue weighted by Crippen LogP contribution is -2.23. The van der Waals surface area contributed by atoms with E-state index in [0.717, 1.165) is 11.3 Å². The van der Waals surface area contributed by atoms with Gasteiger partial charge in [0.2, 0.25) is 0 Å². The van der Waals surface area contributed by atoms with Gasteiger partial charge in [0.1, 0.15) is 16.2 Å². The maximum absolute atomic E-state index is 13.7. The Kier molecular flexibility index (Phi) is 6.90. The van der Waals surface area contributed by atoms with Gasteiger partial charge in [-0.2, -0.15) is 0 Å². The monoisotopic (exact) mass is 535 g/mol. The summed E-state index contributed by atoms with van der Waals surface area (Å²) in [6, 6.07) is 18.6. The first-order valence-electron chi connectivity index (χ1n) is 11.0. The maximum Gasteiger partial charge on any atom is 0.274 e. The minimum Gasteiger partial charge on any atom is -0.496 e. The zero-order chi connectivity index (χ0) is 25.2. The van der Waals surface area contributed by atoms with Crippen molar-refractivity contribution >= 4 is 51.4 Å². The number of rotatable bonds is 8. The fourth-order valence-corrected chi connectivity index (χ4v) is 6.12. The number of thiazole rings is 1. The minimum atomic E-state index is -0.186. The molecule has 0 saturated carbocycles. The minimum absolute atomic E-state index is 0.0293. The summed E-state index contributed by atoms with van der Waals surface area (Å²) in [7, 11) is 1.59. The Bertz CT molecular complexity index is 1670. The number of Topliss-reactive ketones (excluding diaryl/α,β-unsaturated/α-hetero) is 1. The molecule has 36 heavy (non-hydrogen) atoms. The molecule has 0 bridgehead atoms. The van der Waals surface area contributed by atoms with E-state index >= 15 is 0 Å². The third-order valence-electron chi connectivity index (χ3n) is 5.61. The number of nitrogens with zero attached hydrogens (tertiary/aromatic N) is 3. The zero-order valence-corrected chi connectivity index (χ0v) is 21.9. The third kappa shape index (κ3) is 4.67. The van der Waals surface area contributed by atoms with Crippen molar-refractivity contribution in [3.8, 4) is 11.4 Å². The van der Waals surface area contributed by atoms with Crippen molar-refractivity contribution < 1.29 is 13.9 Å². The Morgan fingerprint density at radius 3 is 2.67 bits per heavy atom. The van der Waals surface area contributed by atoms with E-state index in [9.17, 15) is 9.59 Å². The molecule has 0 saturated heterocycles. The number of thioether (sulfide) groups is 1. The number of aromatic nitrogens is 3. The molecule has 0 amide bonds. The van der Waals surface area contributed by atoms with Crippen LogP contribution >= 0.6 is 35.3 Å². The van der Waals surface area contributed by atoms with Gasteiger partial charge in [0.15, 0.2) is 20.5 Å². The molecule has 7 nitrogen and oxygen atoms in total. The van der Waals surface area contributed by atoms with Gasteiger partial charge in [-0.15, -0.1) is 0 Å². The summed E-state index contributed by atoms with van der Waals surface area (Å²) >= 11 is 8.27. The standard InChI is InChI=1S/C26H21N3O4S3/c1-16(30)17-10-11-21(32-2)18(13-17)15-35-25-27-23-22(24(31)28(25)14-20-9-6-12-33-20)36-26(34)29(23)19-7-4-3-5-8-19/h3-13H,14-15H2,1-2H3. The van der Waals surface area contributed by atoms with E-state index in [4.69, 9.17) is 26.4 Å². The van der Waals surface area contributed by atoms with Gasteiger partial charge in [0.05, 0.1) is 19.9 Å². The summed E-state index contributed by atoms with van der Waals surface area (Å²) < 4.78 is 15.5. The SMILES string of the molecule is COc1ccc(C(C)=O)cc1CSc1nc2c(sc(=S)n2-c2ccccc2)c(=O)n1Cc1ccco1. The summed E-state index contributed by atoms with van der Waals surface area (Å²) in [5.41, 5.74) is 2.60. The fourth-order valence-electron chi connectivity index (χ4n) is 3.83. The Hall–Kier alpha value is -3.47. The molecule has 2 aromatic carbocycles. The first-order chi connectivity index (χ1) is 17.5. The molecule has 182 valence electrons. The van der Waals surface area contributed by atoms with Gasteiger partial charge < -0.3 is 9.15 Å². The number of ether oxygens (including phenoxy) is 1. The van der Waals surface area contributed by atoms with Crippen LogP contribution in [0.15, 0.2) is 81.3 Å². The lowest BCUT2D eigenvalue weighted by Gasteiger charge is -2.13. The molecule has 0 unspecified atom stereocenters. The molecule has 5 aromatic rings. The second-order valence-electron chi connectivity index (χ2n) is 7.93. The average Bonchev–Trinajstić information content (AvgIpc) is 3.52. The smallest absolute Gasteiger partial charge is 0.274 e. The van der Waals surface area contributed by atoms with Crippen molar-refractivity contribution in [2.45, 2.75) is 24.4 Å². The number of ketones is 1. The van der Waals surface area contributed by atoms with Gasteiger partial charge in [-0.25, -0.2) is 4.98 Å². The molecular weight excluding hydrogens is 515 g/mol. The van der Waals surface area contributed by atoms with Crippen molar-refractivity contribution in [3.63, 3.8) is 0 Å². The summed E-state index contributed by atoms with van der Waals surface area (Å²) in [6.45, 7) is 1.76. The zero-order valence-electron chi connectivity index (χ0n) is 19.5. The number of fused-ring (bicyclic) bond motifs is 1. The van der Waals surface area contributed by atoms with Crippen molar-refractivity contribution in [1.29, 1.82) is 0 Å². The normalized spacial score (nSPS) is 11.2. The average molecular weight is 536 g/mol. The molecule has 0 spiro atoms. The van der Waals surface area contributed by atoms with Crippen LogP contribution in [0.1, 0.15) is 28.6 Å². The van der Waals surface area contributed by atoms with Crippen molar-refractivity contribution in [1.82, 2.24) is 14.1 Å². The number of methoxy groups -OCH3 is 1. The van der Waals surface area contributed by atoms with Gasteiger partial charge in [-0.05, 0) is 61.6 Å². The maximum atomic E-state index is 13.7. The molecule has 0 aliphatic carbocycles. The predicted octanol–water partition coefficient (Wildman–Crippen LogP) is 6.12. The lowest BCUT2D eigenvalue weighted by molar-refractivity contribution is 0.101. The van der Waals surface area contributed by atoms with E-state index in [2.05, 4.69) is 0 Å². The van der Waals surface area contributed by atoms with Crippen molar-refractivity contribution in [2.75, 3.05) is 7.11 Å². The second kappa shape index (κ2) is 10.3. The third-order valence-corrected chi connectivity index (χ3v) is 7.99. The van der Waals surface area contributed by atoms with Crippen LogP contribution in [0.4, 0.5) is 0 Å². The molecule has 3 heterocycles. The van der Waals surface area contributed by atoms with E-state index in [1.807, 2.05) is 47.0 Å². The van der Waals surface area contributed by atoms with Gasteiger partial charge in [0, 0.05) is 22.6 Å². The molecule has 0 radical (unpaired) electrons. The van der Waals surface area contributed by atoms with Gasteiger partial charge in [-0.1, -0.05) is 41.3 Å². The Labute approximate surface area is 220 Å². The van der Waals surface area contributed by atoms with E-state index in [1.165, 1.54) is 30.0 Å².